The first-order valence-corrected chi connectivity index (χ1v) is 13.4. The number of rotatable bonds is 8. The number of fused-ring (bicyclic) bond motifs is 1. The highest BCUT2D eigenvalue weighted by atomic mass is 32.2. The lowest BCUT2D eigenvalue weighted by atomic mass is 9.95. The molecule has 2 fully saturated rings. The van der Waals surface area contributed by atoms with E-state index in [1.807, 2.05) is 0 Å². The fraction of sp³-hybridized carbons (Fsp3) is 0.696. The fourth-order valence-electron chi connectivity index (χ4n) is 4.70. The Kier molecular flexibility index (Phi) is 7.72. The van der Waals surface area contributed by atoms with Gasteiger partial charge in [0, 0.05) is 29.7 Å². The molecule has 2 aliphatic rings. The predicted octanol–water partition coefficient (Wildman–Crippen LogP) is 4.44. The number of carbonyl (C=O) groups excluding carboxylic acids is 1. The van der Waals surface area contributed by atoms with Gasteiger partial charge < -0.3 is 10.1 Å². The van der Waals surface area contributed by atoms with Gasteiger partial charge >= 0.3 is 0 Å². The van der Waals surface area contributed by atoms with Gasteiger partial charge in [0.15, 0.2) is 5.16 Å². The van der Waals surface area contributed by atoms with Crippen LogP contribution in [0.1, 0.15) is 68.7 Å². The highest BCUT2D eigenvalue weighted by Gasteiger charge is 2.23. The van der Waals surface area contributed by atoms with E-state index in [0.29, 0.717) is 29.9 Å². The molecule has 1 unspecified atom stereocenters. The van der Waals surface area contributed by atoms with Crippen LogP contribution >= 0.6 is 23.1 Å². The van der Waals surface area contributed by atoms with Crippen molar-refractivity contribution in [1.29, 1.82) is 0 Å². The summed E-state index contributed by atoms with van der Waals surface area (Å²) in [4.78, 5) is 32.7. The number of hydrogen-bond donors (Lipinski definition) is 1. The Hall–Kier alpha value is -1.38. The second-order valence-electron chi connectivity index (χ2n) is 8.62. The number of amides is 1. The Morgan fingerprint density at radius 3 is 2.77 bits per heavy atom. The van der Waals surface area contributed by atoms with Crippen LogP contribution in [-0.2, 0) is 22.5 Å². The number of aromatic nitrogens is 2. The molecule has 31 heavy (non-hydrogen) atoms. The summed E-state index contributed by atoms with van der Waals surface area (Å²) in [5.74, 6) is 0.723. The molecule has 8 heteroatoms. The summed E-state index contributed by atoms with van der Waals surface area (Å²) in [6.45, 7) is 5.45. The molecule has 1 atom stereocenters. The Balaban J connectivity index is 1.50. The number of thioether (sulfide) groups is 1. The summed E-state index contributed by atoms with van der Waals surface area (Å²) < 4.78 is 7.61. The molecule has 1 N–H and O–H groups in total. The van der Waals surface area contributed by atoms with Crippen LogP contribution in [0.2, 0.25) is 0 Å². The zero-order valence-corrected chi connectivity index (χ0v) is 20.2. The standard InChI is InChI=1S/C23H33N3O3S2/c1-3-18-15(2)31-21-20(18)22(28)26(14-17-10-7-12-29-17)23(25-21)30-13-11-19(27)24-16-8-5-4-6-9-16/h16-17H,3-14H2,1-2H3,(H,24,27). The number of thiophene rings is 1. The Labute approximate surface area is 192 Å². The normalized spacial score (nSPS) is 19.9. The van der Waals surface area contributed by atoms with E-state index >= 15 is 0 Å². The molecular formula is C23H33N3O3S2. The Morgan fingerprint density at radius 2 is 2.06 bits per heavy atom. The summed E-state index contributed by atoms with van der Waals surface area (Å²) >= 11 is 3.11. The van der Waals surface area contributed by atoms with Gasteiger partial charge in [-0.2, -0.15) is 0 Å². The van der Waals surface area contributed by atoms with Gasteiger partial charge in [-0.3, -0.25) is 14.2 Å². The van der Waals surface area contributed by atoms with E-state index in [2.05, 4.69) is 19.2 Å². The van der Waals surface area contributed by atoms with Crippen molar-refractivity contribution in [3.63, 3.8) is 0 Å². The molecule has 1 saturated heterocycles. The number of carbonyl (C=O) groups is 1. The molecule has 0 radical (unpaired) electrons. The molecule has 0 bridgehead atoms. The molecule has 0 aromatic carbocycles. The first kappa shape index (κ1) is 22.8. The van der Waals surface area contributed by atoms with Crippen molar-refractivity contribution in [3.8, 4) is 0 Å². The lowest BCUT2D eigenvalue weighted by Gasteiger charge is -2.22. The molecule has 6 nitrogen and oxygen atoms in total. The molecule has 4 rings (SSSR count). The zero-order valence-electron chi connectivity index (χ0n) is 18.6. The van der Waals surface area contributed by atoms with Gasteiger partial charge in [-0.25, -0.2) is 4.98 Å². The Bertz CT molecular complexity index is 973. The van der Waals surface area contributed by atoms with Crippen molar-refractivity contribution in [1.82, 2.24) is 14.9 Å². The van der Waals surface area contributed by atoms with E-state index < -0.39 is 0 Å². The molecule has 170 valence electrons. The fourth-order valence-corrected chi connectivity index (χ4v) is 6.80. The maximum absolute atomic E-state index is 13.5. The highest BCUT2D eigenvalue weighted by molar-refractivity contribution is 7.99. The number of aryl methyl sites for hydroxylation is 2. The maximum Gasteiger partial charge on any atom is 0.263 e. The number of nitrogens with zero attached hydrogens (tertiary/aromatic N) is 2. The van der Waals surface area contributed by atoms with Gasteiger partial charge in [0.25, 0.3) is 5.56 Å². The first-order valence-electron chi connectivity index (χ1n) is 11.6. The second kappa shape index (κ2) is 10.5. The number of ether oxygens (including phenoxy) is 1. The van der Waals surface area contributed by atoms with Crippen LogP contribution < -0.4 is 10.9 Å². The van der Waals surface area contributed by atoms with E-state index in [1.165, 1.54) is 35.9 Å². The van der Waals surface area contributed by atoms with E-state index in [4.69, 9.17) is 9.72 Å². The van der Waals surface area contributed by atoms with Gasteiger partial charge in [0.2, 0.25) is 5.91 Å². The zero-order chi connectivity index (χ0) is 21.8. The SMILES string of the molecule is CCc1c(C)sc2nc(SCCC(=O)NC3CCCCC3)n(CC3CCCO3)c(=O)c12. The monoisotopic (exact) mass is 463 g/mol. The maximum atomic E-state index is 13.5. The summed E-state index contributed by atoms with van der Waals surface area (Å²) in [6.07, 6.45) is 9.23. The number of nitrogens with one attached hydrogen (secondary N) is 1. The molecule has 1 amide bonds. The molecule has 1 aliphatic heterocycles. The van der Waals surface area contributed by atoms with Crippen molar-refractivity contribution < 1.29 is 9.53 Å². The largest absolute Gasteiger partial charge is 0.376 e. The summed E-state index contributed by atoms with van der Waals surface area (Å²) in [5, 5.41) is 4.66. The van der Waals surface area contributed by atoms with Crippen LogP contribution in [0.3, 0.4) is 0 Å². The van der Waals surface area contributed by atoms with E-state index in [1.54, 1.807) is 15.9 Å². The lowest BCUT2D eigenvalue weighted by molar-refractivity contribution is -0.121. The summed E-state index contributed by atoms with van der Waals surface area (Å²) in [6, 6.07) is 0.333. The first-order chi connectivity index (χ1) is 15.1. The van der Waals surface area contributed by atoms with Crippen LogP contribution in [0.4, 0.5) is 0 Å². The lowest BCUT2D eigenvalue weighted by Crippen LogP contribution is -2.36. The van der Waals surface area contributed by atoms with Crippen molar-refractivity contribution in [2.45, 2.75) is 95.5 Å². The summed E-state index contributed by atoms with van der Waals surface area (Å²) in [7, 11) is 0. The molecular weight excluding hydrogens is 430 g/mol. The molecule has 2 aromatic rings. The van der Waals surface area contributed by atoms with Crippen LogP contribution in [-0.4, -0.2) is 40.0 Å². The van der Waals surface area contributed by atoms with Crippen LogP contribution in [0, 0.1) is 6.92 Å². The Morgan fingerprint density at radius 1 is 1.26 bits per heavy atom. The summed E-state index contributed by atoms with van der Waals surface area (Å²) in [5.41, 5.74) is 1.15. The van der Waals surface area contributed by atoms with Crippen molar-refractivity contribution in [2.24, 2.45) is 0 Å². The average Bonchev–Trinajstić information content (AvgIpc) is 3.38. The van der Waals surface area contributed by atoms with Crippen LogP contribution in [0.25, 0.3) is 10.2 Å². The van der Waals surface area contributed by atoms with Crippen molar-refractivity contribution >= 4 is 39.2 Å². The minimum Gasteiger partial charge on any atom is -0.376 e. The highest BCUT2D eigenvalue weighted by Crippen LogP contribution is 2.30. The van der Waals surface area contributed by atoms with Gasteiger partial charge in [0.05, 0.1) is 18.0 Å². The van der Waals surface area contributed by atoms with Crippen LogP contribution in [0.15, 0.2) is 9.95 Å². The van der Waals surface area contributed by atoms with Crippen molar-refractivity contribution in [2.75, 3.05) is 12.4 Å². The third kappa shape index (κ3) is 5.34. The third-order valence-corrected chi connectivity index (χ3v) is 8.39. The topological polar surface area (TPSA) is 73.2 Å². The molecule has 3 heterocycles. The van der Waals surface area contributed by atoms with Crippen molar-refractivity contribution in [3.05, 3.63) is 20.8 Å². The van der Waals surface area contributed by atoms with Gasteiger partial charge in [-0.15, -0.1) is 11.3 Å². The van der Waals surface area contributed by atoms with E-state index in [-0.39, 0.29) is 17.6 Å². The molecule has 0 spiro atoms. The third-order valence-electron chi connectivity index (χ3n) is 6.37. The van der Waals surface area contributed by atoms with Gasteiger partial charge in [-0.1, -0.05) is 37.9 Å². The van der Waals surface area contributed by atoms with Crippen LogP contribution in [0.5, 0.6) is 0 Å². The number of hydrogen-bond acceptors (Lipinski definition) is 6. The quantitative estimate of drug-likeness (QED) is 0.463. The molecule has 1 aliphatic carbocycles. The second-order valence-corrected chi connectivity index (χ2v) is 10.9. The smallest absolute Gasteiger partial charge is 0.263 e. The molecule has 2 aromatic heterocycles. The van der Waals surface area contributed by atoms with Gasteiger partial charge in [-0.05, 0) is 44.6 Å². The average molecular weight is 464 g/mol. The van der Waals surface area contributed by atoms with Gasteiger partial charge in [0.1, 0.15) is 4.83 Å². The predicted molar refractivity (Wildman–Crippen MR) is 127 cm³/mol. The van der Waals surface area contributed by atoms with E-state index in [0.717, 1.165) is 54.5 Å². The van der Waals surface area contributed by atoms with E-state index in [9.17, 15) is 9.59 Å². The molecule has 1 saturated carbocycles. The minimum atomic E-state index is 0.0378. The minimum absolute atomic E-state index is 0.0378.